The average Bonchev–Trinajstić information content (AvgIpc) is 2.37. The molecule has 104 valence electrons. The molecular weight excluding hydrogens is 238 g/mol. The second-order valence-electron chi connectivity index (χ2n) is 6.08. The maximum absolute atomic E-state index is 5.69. The van der Waals surface area contributed by atoms with Crippen LogP contribution in [0.4, 0.5) is 0 Å². The maximum atomic E-state index is 5.69. The minimum atomic E-state index is 0.163. The summed E-state index contributed by atoms with van der Waals surface area (Å²) in [5.74, 6) is 1.07. The van der Waals surface area contributed by atoms with E-state index in [1.54, 1.807) is 0 Å². The Morgan fingerprint density at radius 2 is 2.16 bits per heavy atom. The smallest absolute Gasteiger partial charge is 0.122 e. The Hall–Kier alpha value is -1.06. The van der Waals surface area contributed by atoms with Crippen molar-refractivity contribution < 1.29 is 9.47 Å². The number of nitrogens with one attached hydrogen (secondary N) is 1. The van der Waals surface area contributed by atoms with Gasteiger partial charge in [0.05, 0.1) is 25.2 Å². The molecular formula is C16H23NO2. The number of hydrogen-bond donors (Lipinski definition) is 1. The van der Waals surface area contributed by atoms with Crippen LogP contribution in [-0.4, -0.2) is 32.4 Å². The van der Waals surface area contributed by atoms with Crippen LogP contribution in [0.25, 0.3) is 0 Å². The fourth-order valence-electron chi connectivity index (χ4n) is 2.81. The predicted octanol–water partition coefficient (Wildman–Crippen LogP) is 2.28. The van der Waals surface area contributed by atoms with Crippen LogP contribution in [-0.2, 0) is 16.6 Å². The molecule has 19 heavy (non-hydrogen) atoms. The lowest BCUT2D eigenvalue weighted by atomic mass is 9.77. The number of rotatable bonds is 4. The summed E-state index contributed by atoms with van der Waals surface area (Å²) < 4.78 is 11.2. The van der Waals surface area contributed by atoms with Crippen molar-refractivity contribution in [3.05, 3.63) is 29.3 Å². The summed E-state index contributed by atoms with van der Waals surface area (Å²) in [4.78, 5) is 0. The standard InChI is InChI=1S/C16H23NO2/c1-12(2)17-9-16(10-18-11-16)14-5-6-15-13(8-14)4-3-7-19-15/h5-6,8,12,17H,3-4,7,9-11H2,1-2H3. The first-order valence-corrected chi connectivity index (χ1v) is 7.27. The van der Waals surface area contributed by atoms with Crippen LogP contribution in [0.15, 0.2) is 18.2 Å². The lowest BCUT2D eigenvalue weighted by Crippen LogP contribution is -2.54. The number of benzene rings is 1. The summed E-state index contributed by atoms with van der Waals surface area (Å²) in [6.45, 7) is 7.88. The SMILES string of the molecule is CC(C)NCC1(c2ccc3c(c2)CCCO3)COC1. The zero-order valence-corrected chi connectivity index (χ0v) is 11.9. The summed E-state index contributed by atoms with van der Waals surface area (Å²) in [5.41, 5.74) is 2.92. The van der Waals surface area contributed by atoms with Gasteiger partial charge in [0.2, 0.25) is 0 Å². The highest BCUT2D eigenvalue weighted by Gasteiger charge is 2.40. The van der Waals surface area contributed by atoms with E-state index in [2.05, 4.69) is 37.4 Å². The number of aryl methyl sites for hydroxylation is 1. The molecule has 3 rings (SSSR count). The van der Waals surface area contributed by atoms with Gasteiger partial charge in [0.1, 0.15) is 5.75 Å². The summed E-state index contributed by atoms with van der Waals surface area (Å²) in [7, 11) is 0. The molecule has 2 heterocycles. The van der Waals surface area contributed by atoms with Crippen LogP contribution in [0.1, 0.15) is 31.4 Å². The van der Waals surface area contributed by atoms with Gasteiger partial charge in [-0.25, -0.2) is 0 Å². The van der Waals surface area contributed by atoms with Gasteiger partial charge in [0, 0.05) is 12.6 Å². The fourth-order valence-corrected chi connectivity index (χ4v) is 2.81. The topological polar surface area (TPSA) is 30.5 Å². The van der Waals surface area contributed by atoms with Crippen LogP contribution in [0.2, 0.25) is 0 Å². The molecule has 2 aliphatic rings. The summed E-state index contributed by atoms with van der Waals surface area (Å²) >= 11 is 0. The van der Waals surface area contributed by atoms with Crippen molar-refractivity contribution in [1.82, 2.24) is 5.32 Å². The third-order valence-electron chi connectivity index (χ3n) is 4.13. The molecule has 0 aromatic heterocycles. The molecule has 0 saturated carbocycles. The first-order valence-electron chi connectivity index (χ1n) is 7.27. The normalized spacial score (nSPS) is 20.6. The molecule has 1 N–H and O–H groups in total. The van der Waals surface area contributed by atoms with Gasteiger partial charge in [-0.2, -0.15) is 0 Å². The second-order valence-corrected chi connectivity index (χ2v) is 6.08. The summed E-state index contributed by atoms with van der Waals surface area (Å²) in [5, 5.41) is 3.56. The lowest BCUT2D eigenvalue weighted by molar-refractivity contribution is -0.0597. The summed E-state index contributed by atoms with van der Waals surface area (Å²) in [6, 6.07) is 7.20. The molecule has 3 heteroatoms. The van der Waals surface area contributed by atoms with Gasteiger partial charge in [-0.15, -0.1) is 0 Å². The lowest BCUT2D eigenvalue weighted by Gasteiger charge is -2.43. The molecule has 1 aromatic carbocycles. The van der Waals surface area contributed by atoms with Crippen molar-refractivity contribution >= 4 is 0 Å². The van der Waals surface area contributed by atoms with E-state index in [1.807, 2.05) is 0 Å². The minimum Gasteiger partial charge on any atom is -0.493 e. The van der Waals surface area contributed by atoms with Crippen LogP contribution in [0.3, 0.4) is 0 Å². The molecule has 3 nitrogen and oxygen atoms in total. The van der Waals surface area contributed by atoms with Crippen LogP contribution in [0.5, 0.6) is 5.75 Å². The molecule has 0 radical (unpaired) electrons. The van der Waals surface area contributed by atoms with Gasteiger partial charge >= 0.3 is 0 Å². The first-order chi connectivity index (χ1) is 9.20. The van der Waals surface area contributed by atoms with Crippen molar-refractivity contribution in [1.29, 1.82) is 0 Å². The van der Waals surface area contributed by atoms with E-state index in [-0.39, 0.29) is 5.41 Å². The van der Waals surface area contributed by atoms with E-state index in [9.17, 15) is 0 Å². The molecule has 1 fully saturated rings. The van der Waals surface area contributed by atoms with Crippen LogP contribution in [0, 0.1) is 0 Å². The Bertz CT molecular complexity index is 452. The Morgan fingerprint density at radius 3 is 2.84 bits per heavy atom. The van der Waals surface area contributed by atoms with Gasteiger partial charge < -0.3 is 14.8 Å². The monoisotopic (exact) mass is 261 g/mol. The van der Waals surface area contributed by atoms with Crippen molar-refractivity contribution in [2.75, 3.05) is 26.4 Å². The maximum Gasteiger partial charge on any atom is 0.122 e. The van der Waals surface area contributed by atoms with Gasteiger partial charge in [-0.1, -0.05) is 26.0 Å². The van der Waals surface area contributed by atoms with E-state index in [0.29, 0.717) is 6.04 Å². The van der Waals surface area contributed by atoms with E-state index in [4.69, 9.17) is 9.47 Å². The molecule has 1 aromatic rings. The minimum absolute atomic E-state index is 0.163. The van der Waals surface area contributed by atoms with Crippen molar-refractivity contribution in [2.24, 2.45) is 0 Å². The predicted molar refractivity (Wildman–Crippen MR) is 75.9 cm³/mol. The molecule has 0 atom stereocenters. The molecule has 2 aliphatic heterocycles. The Labute approximate surface area is 115 Å². The quantitative estimate of drug-likeness (QED) is 0.902. The first kappa shape index (κ1) is 12.9. The van der Waals surface area contributed by atoms with Crippen LogP contribution < -0.4 is 10.1 Å². The zero-order chi connectivity index (χ0) is 13.3. The highest BCUT2D eigenvalue weighted by molar-refractivity contribution is 5.42. The highest BCUT2D eigenvalue weighted by Crippen LogP contribution is 2.35. The Balaban J connectivity index is 1.83. The third-order valence-corrected chi connectivity index (χ3v) is 4.13. The van der Waals surface area contributed by atoms with Gasteiger partial charge in [0.15, 0.2) is 0 Å². The highest BCUT2D eigenvalue weighted by atomic mass is 16.5. The van der Waals surface area contributed by atoms with Crippen molar-refractivity contribution in [3.8, 4) is 5.75 Å². The molecule has 0 aliphatic carbocycles. The van der Waals surface area contributed by atoms with E-state index in [0.717, 1.165) is 45.0 Å². The second kappa shape index (κ2) is 5.14. The molecule has 1 saturated heterocycles. The zero-order valence-electron chi connectivity index (χ0n) is 11.9. The van der Waals surface area contributed by atoms with Gasteiger partial charge in [0.25, 0.3) is 0 Å². The molecule has 0 unspecified atom stereocenters. The van der Waals surface area contributed by atoms with Crippen molar-refractivity contribution in [2.45, 2.75) is 38.1 Å². The average molecular weight is 261 g/mol. The molecule has 0 amide bonds. The van der Waals surface area contributed by atoms with E-state index in [1.165, 1.54) is 11.1 Å². The van der Waals surface area contributed by atoms with Gasteiger partial charge in [-0.3, -0.25) is 0 Å². The Kier molecular flexibility index (Phi) is 3.50. The number of ether oxygens (including phenoxy) is 2. The van der Waals surface area contributed by atoms with Gasteiger partial charge in [-0.05, 0) is 30.0 Å². The Morgan fingerprint density at radius 1 is 1.32 bits per heavy atom. The molecule has 0 spiro atoms. The van der Waals surface area contributed by atoms with Crippen molar-refractivity contribution in [3.63, 3.8) is 0 Å². The largest absolute Gasteiger partial charge is 0.493 e. The van der Waals surface area contributed by atoms with Crippen LogP contribution >= 0.6 is 0 Å². The molecule has 0 bridgehead atoms. The van der Waals surface area contributed by atoms with E-state index >= 15 is 0 Å². The van der Waals surface area contributed by atoms with E-state index < -0.39 is 0 Å². The third kappa shape index (κ3) is 2.49. The fraction of sp³-hybridized carbons (Fsp3) is 0.625. The summed E-state index contributed by atoms with van der Waals surface area (Å²) in [6.07, 6.45) is 2.27. The number of hydrogen-bond acceptors (Lipinski definition) is 3. The number of fused-ring (bicyclic) bond motifs is 1.